The van der Waals surface area contributed by atoms with Gasteiger partial charge in [0, 0.05) is 25.2 Å². The summed E-state index contributed by atoms with van der Waals surface area (Å²) >= 11 is 0. The van der Waals surface area contributed by atoms with Crippen LogP contribution < -0.4 is 24.8 Å². The van der Waals surface area contributed by atoms with E-state index in [2.05, 4.69) is 15.6 Å². The van der Waals surface area contributed by atoms with Crippen molar-refractivity contribution in [3.05, 3.63) is 53.6 Å². The molecule has 0 radical (unpaired) electrons. The molecule has 26 heavy (non-hydrogen) atoms. The van der Waals surface area contributed by atoms with Crippen LogP contribution in [0.3, 0.4) is 0 Å². The fourth-order valence-electron chi connectivity index (χ4n) is 2.45. The first-order valence-corrected chi connectivity index (χ1v) is 8.51. The van der Waals surface area contributed by atoms with Crippen molar-refractivity contribution < 1.29 is 14.2 Å². The molecule has 2 N–H and O–H groups in total. The minimum absolute atomic E-state index is 0.553. The smallest absolute Gasteiger partial charge is 0.191 e. The first-order chi connectivity index (χ1) is 12.7. The molecule has 0 atom stereocenters. The van der Waals surface area contributed by atoms with E-state index in [1.54, 1.807) is 21.3 Å². The first kappa shape index (κ1) is 19.4. The van der Waals surface area contributed by atoms with Crippen molar-refractivity contribution in [3.8, 4) is 17.2 Å². The van der Waals surface area contributed by atoms with E-state index in [9.17, 15) is 0 Å². The normalized spacial score (nSPS) is 11.0. The number of nitrogens with one attached hydrogen (secondary N) is 2. The second-order valence-electron chi connectivity index (χ2n) is 5.64. The van der Waals surface area contributed by atoms with Crippen LogP contribution in [-0.4, -0.2) is 40.4 Å². The Morgan fingerprint density at radius 3 is 2.50 bits per heavy atom. The number of nitrogens with zero attached hydrogens (tertiary/aromatic N) is 1. The Balaban J connectivity index is 1.80. The molecule has 140 valence electrons. The average Bonchev–Trinajstić information content (AvgIpc) is 2.68. The molecule has 2 rings (SSSR count). The molecule has 6 nitrogen and oxygen atoms in total. The number of hydrogen-bond acceptors (Lipinski definition) is 4. The van der Waals surface area contributed by atoms with Gasteiger partial charge < -0.3 is 24.8 Å². The molecule has 0 aliphatic rings. The van der Waals surface area contributed by atoms with Gasteiger partial charge in [-0.3, -0.25) is 4.99 Å². The third-order valence-electron chi connectivity index (χ3n) is 3.91. The molecule has 2 aromatic carbocycles. The highest BCUT2D eigenvalue weighted by molar-refractivity contribution is 5.79. The lowest BCUT2D eigenvalue weighted by molar-refractivity contribution is 0.320. The van der Waals surface area contributed by atoms with Crippen molar-refractivity contribution in [3.63, 3.8) is 0 Å². The number of guanidine groups is 1. The molecule has 0 unspecified atom stereocenters. The number of hydrogen-bond donors (Lipinski definition) is 2. The minimum atomic E-state index is 0.553. The molecule has 0 aromatic heterocycles. The summed E-state index contributed by atoms with van der Waals surface area (Å²) in [4.78, 5) is 4.23. The molecular formula is C20H27N3O3. The summed E-state index contributed by atoms with van der Waals surface area (Å²) in [6.07, 6.45) is 0. The molecule has 0 amide bonds. The van der Waals surface area contributed by atoms with Crippen molar-refractivity contribution in [1.29, 1.82) is 0 Å². The van der Waals surface area contributed by atoms with Crippen molar-refractivity contribution in [2.75, 3.05) is 34.4 Å². The molecule has 6 heteroatoms. The van der Waals surface area contributed by atoms with Crippen LogP contribution in [0.5, 0.6) is 17.2 Å². The summed E-state index contributed by atoms with van der Waals surface area (Å²) < 4.78 is 16.4. The molecule has 0 fully saturated rings. The fraction of sp³-hybridized carbons (Fsp3) is 0.350. The van der Waals surface area contributed by atoms with Gasteiger partial charge in [-0.15, -0.1) is 0 Å². The van der Waals surface area contributed by atoms with E-state index < -0.39 is 0 Å². The Morgan fingerprint density at radius 1 is 1.00 bits per heavy atom. The highest BCUT2D eigenvalue weighted by Crippen LogP contribution is 2.24. The third kappa shape index (κ3) is 5.58. The number of methoxy groups -OCH3 is 2. The van der Waals surface area contributed by atoms with Crippen molar-refractivity contribution >= 4 is 5.96 Å². The van der Waals surface area contributed by atoms with Gasteiger partial charge in [-0.2, -0.15) is 0 Å². The second kappa shape index (κ2) is 10.2. The maximum atomic E-state index is 5.78. The lowest BCUT2D eigenvalue weighted by atomic mass is 10.2. The van der Waals surface area contributed by atoms with Crippen LogP contribution in [0.2, 0.25) is 0 Å². The molecule has 0 saturated heterocycles. The Hall–Kier alpha value is -2.89. The van der Waals surface area contributed by atoms with E-state index in [1.165, 1.54) is 0 Å². The molecule has 0 aliphatic heterocycles. The van der Waals surface area contributed by atoms with Crippen LogP contribution in [0.15, 0.2) is 47.5 Å². The SMILES string of the molecule is CN=C(NCCOc1ccccc1C)NCc1ccc(OC)cc1OC. The van der Waals surface area contributed by atoms with Crippen molar-refractivity contribution in [1.82, 2.24) is 10.6 Å². The van der Waals surface area contributed by atoms with Crippen molar-refractivity contribution in [2.45, 2.75) is 13.5 Å². The van der Waals surface area contributed by atoms with E-state index in [-0.39, 0.29) is 0 Å². The molecule has 0 heterocycles. The summed E-state index contributed by atoms with van der Waals surface area (Å²) in [7, 11) is 5.02. The Morgan fingerprint density at radius 2 is 1.81 bits per heavy atom. The van der Waals surface area contributed by atoms with Gasteiger partial charge in [0.1, 0.15) is 23.9 Å². The first-order valence-electron chi connectivity index (χ1n) is 8.51. The Labute approximate surface area is 155 Å². The molecule has 0 aliphatic carbocycles. The summed E-state index contributed by atoms with van der Waals surface area (Å²) in [6, 6.07) is 13.7. The maximum absolute atomic E-state index is 5.78. The van der Waals surface area contributed by atoms with Gasteiger partial charge in [0.15, 0.2) is 5.96 Å². The van der Waals surface area contributed by atoms with Crippen LogP contribution >= 0.6 is 0 Å². The predicted molar refractivity (Wildman–Crippen MR) is 104 cm³/mol. The van der Waals surface area contributed by atoms with Gasteiger partial charge in [0.2, 0.25) is 0 Å². The van der Waals surface area contributed by atoms with Crippen LogP contribution in [0.1, 0.15) is 11.1 Å². The van der Waals surface area contributed by atoms with Crippen LogP contribution in [0.4, 0.5) is 0 Å². The minimum Gasteiger partial charge on any atom is -0.497 e. The average molecular weight is 357 g/mol. The second-order valence-corrected chi connectivity index (χ2v) is 5.64. The van der Waals surface area contributed by atoms with Gasteiger partial charge in [-0.05, 0) is 30.7 Å². The fourth-order valence-corrected chi connectivity index (χ4v) is 2.45. The largest absolute Gasteiger partial charge is 0.497 e. The molecule has 2 aromatic rings. The van der Waals surface area contributed by atoms with Gasteiger partial charge >= 0.3 is 0 Å². The zero-order chi connectivity index (χ0) is 18.8. The van der Waals surface area contributed by atoms with Gasteiger partial charge in [0.05, 0.1) is 20.8 Å². The third-order valence-corrected chi connectivity index (χ3v) is 3.91. The number of rotatable bonds is 8. The molecule has 0 spiro atoms. The monoisotopic (exact) mass is 357 g/mol. The maximum Gasteiger partial charge on any atom is 0.191 e. The van der Waals surface area contributed by atoms with E-state index in [4.69, 9.17) is 14.2 Å². The lowest BCUT2D eigenvalue weighted by Crippen LogP contribution is -2.38. The quantitative estimate of drug-likeness (QED) is 0.432. The number of ether oxygens (including phenoxy) is 3. The topological polar surface area (TPSA) is 64.1 Å². The summed E-state index contributed by atoms with van der Waals surface area (Å²) in [5.41, 5.74) is 2.15. The summed E-state index contributed by atoms with van der Waals surface area (Å²) in [6.45, 7) is 3.82. The van der Waals surface area contributed by atoms with E-state index in [0.717, 1.165) is 28.4 Å². The number of para-hydroxylation sites is 1. The zero-order valence-corrected chi connectivity index (χ0v) is 15.8. The van der Waals surface area contributed by atoms with Crippen molar-refractivity contribution in [2.24, 2.45) is 4.99 Å². The standard InChI is InChI=1S/C20H27N3O3/c1-15-7-5-6-8-18(15)26-12-11-22-20(21-2)23-14-16-9-10-17(24-3)13-19(16)25-4/h5-10,13H,11-12,14H2,1-4H3,(H2,21,22,23). The van der Waals surface area contributed by atoms with Crippen LogP contribution in [0, 0.1) is 6.92 Å². The summed E-state index contributed by atoms with van der Waals surface area (Å²) in [5.74, 6) is 3.15. The van der Waals surface area contributed by atoms with E-state index in [0.29, 0.717) is 25.7 Å². The molecule has 0 saturated carbocycles. The van der Waals surface area contributed by atoms with E-state index in [1.807, 2.05) is 49.4 Å². The van der Waals surface area contributed by atoms with Crippen LogP contribution in [-0.2, 0) is 6.54 Å². The predicted octanol–water partition coefficient (Wildman–Crippen LogP) is 2.76. The summed E-state index contributed by atoms with van der Waals surface area (Å²) in [5, 5.41) is 6.51. The molecule has 0 bridgehead atoms. The van der Waals surface area contributed by atoms with Gasteiger partial charge in [-0.1, -0.05) is 18.2 Å². The number of aryl methyl sites for hydroxylation is 1. The number of aliphatic imine (C=N–C) groups is 1. The van der Waals surface area contributed by atoms with Gasteiger partial charge in [0.25, 0.3) is 0 Å². The van der Waals surface area contributed by atoms with Gasteiger partial charge in [-0.25, -0.2) is 0 Å². The lowest BCUT2D eigenvalue weighted by Gasteiger charge is -2.15. The molecular weight excluding hydrogens is 330 g/mol. The highest BCUT2D eigenvalue weighted by Gasteiger charge is 2.06. The Bertz CT molecular complexity index is 732. The number of benzene rings is 2. The Kier molecular flexibility index (Phi) is 7.61. The van der Waals surface area contributed by atoms with Crippen LogP contribution in [0.25, 0.3) is 0 Å². The highest BCUT2D eigenvalue weighted by atomic mass is 16.5. The zero-order valence-electron chi connectivity index (χ0n) is 15.8. The van der Waals surface area contributed by atoms with E-state index >= 15 is 0 Å².